The molecule has 1 aliphatic rings. The van der Waals surface area contributed by atoms with E-state index in [1.54, 1.807) is 6.07 Å². The Balaban J connectivity index is 2.24. The van der Waals surface area contributed by atoms with Crippen LogP contribution in [0.25, 0.3) is 6.08 Å². The summed E-state index contributed by atoms with van der Waals surface area (Å²) in [6.07, 6.45) is 6.10. The third-order valence-electron chi connectivity index (χ3n) is 2.91. The summed E-state index contributed by atoms with van der Waals surface area (Å²) in [5, 5.41) is 0.591. The van der Waals surface area contributed by atoms with E-state index in [0.717, 1.165) is 31.2 Å². The van der Waals surface area contributed by atoms with Crippen molar-refractivity contribution in [2.45, 2.75) is 31.7 Å². The molecular formula is C13H15ClFN. The summed E-state index contributed by atoms with van der Waals surface area (Å²) in [5.74, 6) is -0.253. The fourth-order valence-corrected chi connectivity index (χ4v) is 2.28. The minimum Gasteiger partial charge on any atom is -0.327 e. The van der Waals surface area contributed by atoms with Crippen LogP contribution < -0.4 is 5.73 Å². The van der Waals surface area contributed by atoms with Gasteiger partial charge in [0, 0.05) is 11.1 Å². The standard InChI is InChI=1S/C13H15ClFN/c14-13-5-4-11(15)8-10(13)6-9-2-1-3-12(16)7-9/h4-6,8,12H,1-3,7,16H2/b9-6-. The summed E-state index contributed by atoms with van der Waals surface area (Å²) in [6.45, 7) is 0. The summed E-state index contributed by atoms with van der Waals surface area (Å²) in [6, 6.07) is 4.67. The zero-order valence-corrected chi connectivity index (χ0v) is 9.80. The first-order valence-corrected chi connectivity index (χ1v) is 5.93. The fraction of sp³-hybridized carbons (Fsp3) is 0.385. The number of nitrogens with two attached hydrogens (primary N) is 1. The molecule has 16 heavy (non-hydrogen) atoms. The molecule has 1 nitrogen and oxygen atoms in total. The van der Waals surface area contributed by atoms with Crippen molar-refractivity contribution in [1.82, 2.24) is 0 Å². The third-order valence-corrected chi connectivity index (χ3v) is 3.26. The highest BCUT2D eigenvalue weighted by atomic mass is 35.5. The number of hydrogen-bond donors (Lipinski definition) is 1. The first-order chi connectivity index (χ1) is 7.65. The van der Waals surface area contributed by atoms with E-state index in [2.05, 4.69) is 0 Å². The highest BCUT2D eigenvalue weighted by Crippen LogP contribution is 2.27. The Morgan fingerprint density at radius 2 is 2.25 bits per heavy atom. The summed E-state index contributed by atoms with van der Waals surface area (Å²) in [5.41, 5.74) is 7.92. The molecule has 1 unspecified atom stereocenters. The molecule has 3 heteroatoms. The van der Waals surface area contributed by atoms with Crippen molar-refractivity contribution in [3.05, 3.63) is 40.2 Å². The van der Waals surface area contributed by atoms with Crippen molar-refractivity contribution in [1.29, 1.82) is 0 Å². The van der Waals surface area contributed by atoms with Crippen molar-refractivity contribution >= 4 is 17.7 Å². The molecule has 1 aliphatic carbocycles. The molecule has 0 radical (unpaired) electrons. The SMILES string of the molecule is NC1CCC/C(=C/c2cc(F)ccc2Cl)C1. The van der Waals surface area contributed by atoms with Crippen LogP contribution in [0.4, 0.5) is 4.39 Å². The lowest BCUT2D eigenvalue weighted by molar-refractivity contribution is 0.520. The molecule has 2 rings (SSSR count). The van der Waals surface area contributed by atoms with Gasteiger partial charge < -0.3 is 5.73 Å². The largest absolute Gasteiger partial charge is 0.327 e. The molecule has 1 saturated carbocycles. The zero-order valence-electron chi connectivity index (χ0n) is 9.05. The molecule has 2 N–H and O–H groups in total. The molecule has 0 bridgehead atoms. The quantitative estimate of drug-likeness (QED) is 0.793. The Kier molecular flexibility index (Phi) is 3.62. The molecule has 0 saturated heterocycles. The van der Waals surface area contributed by atoms with Crippen LogP contribution in [0.15, 0.2) is 23.8 Å². The molecule has 86 valence electrons. The van der Waals surface area contributed by atoms with Crippen molar-refractivity contribution < 1.29 is 4.39 Å². The Labute approximate surface area is 100 Å². The second-order valence-electron chi connectivity index (χ2n) is 4.32. The Hall–Kier alpha value is -0.860. The lowest BCUT2D eigenvalue weighted by Gasteiger charge is -2.20. The van der Waals surface area contributed by atoms with Crippen LogP contribution in [0.2, 0.25) is 5.02 Å². The minimum atomic E-state index is -0.253. The van der Waals surface area contributed by atoms with Crippen LogP contribution in [0, 0.1) is 5.82 Å². The van der Waals surface area contributed by atoms with E-state index in [1.807, 2.05) is 6.08 Å². The summed E-state index contributed by atoms with van der Waals surface area (Å²) < 4.78 is 13.1. The van der Waals surface area contributed by atoms with Crippen LogP contribution in [-0.4, -0.2) is 6.04 Å². The van der Waals surface area contributed by atoms with Gasteiger partial charge in [-0.25, -0.2) is 4.39 Å². The van der Waals surface area contributed by atoms with Gasteiger partial charge in [0.25, 0.3) is 0 Å². The Morgan fingerprint density at radius 3 is 3.00 bits per heavy atom. The predicted molar refractivity (Wildman–Crippen MR) is 65.8 cm³/mol. The van der Waals surface area contributed by atoms with E-state index in [1.165, 1.54) is 17.7 Å². The van der Waals surface area contributed by atoms with Crippen molar-refractivity contribution in [2.75, 3.05) is 0 Å². The number of benzene rings is 1. The maximum Gasteiger partial charge on any atom is 0.123 e. The third kappa shape index (κ3) is 2.83. The van der Waals surface area contributed by atoms with E-state index in [0.29, 0.717) is 5.02 Å². The molecule has 0 aliphatic heterocycles. The normalized spacial score (nSPS) is 23.7. The maximum atomic E-state index is 13.1. The van der Waals surface area contributed by atoms with Gasteiger partial charge in [-0.15, -0.1) is 0 Å². The molecule has 1 aromatic carbocycles. The second-order valence-corrected chi connectivity index (χ2v) is 4.73. The summed E-state index contributed by atoms with van der Waals surface area (Å²) in [7, 11) is 0. The van der Waals surface area contributed by atoms with Gasteiger partial charge >= 0.3 is 0 Å². The first-order valence-electron chi connectivity index (χ1n) is 5.55. The van der Waals surface area contributed by atoms with Crippen molar-refractivity contribution in [3.8, 4) is 0 Å². The second kappa shape index (κ2) is 4.98. The van der Waals surface area contributed by atoms with Crippen molar-refractivity contribution in [2.24, 2.45) is 5.73 Å². The van der Waals surface area contributed by atoms with Crippen LogP contribution in [0.3, 0.4) is 0 Å². The van der Waals surface area contributed by atoms with Gasteiger partial charge in [-0.05, 0) is 49.4 Å². The first kappa shape index (κ1) is 11.6. The number of hydrogen-bond acceptors (Lipinski definition) is 1. The molecular weight excluding hydrogens is 225 g/mol. The Morgan fingerprint density at radius 1 is 1.44 bits per heavy atom. The zero-order chi connectivity index (χ0) is 11.5. The maximum absolute atomic E-state index is 13.1. The molecule has 1 atom stereocenters. The van der Waals surface area contributed by atoms with E-state index in [-0.39, 0.29) is 11.9 Å². The van der Waals surface area contributed by atoms with Crippen molar-refractivity contribution in [3.63, 3.8) is 0 Å². The fourth-order valence-electron chi connectivity index (χ4n) is 2.11. The van der Waals surface area contributed by atoms with E-state index >= 15 is 0 Å². The molecule has 0 spiro atoms. The van der Waals surface area contributed by atoms with Crippen LogP contribution >= 0.6 is 11.6 Å². The highest BCUT2D eigenvalue weighted by Gasteiger charge is 2.13. The smallest absolute Gasteiger partial charge is 0.123 e. The lowest BCUT2D eigenvalue weighted by atomic mass is 9.90. The van der Waals surface area contributed by atoms with Gasteiger partial charge in [0.1, 0.15) is 5.82 Å². The van der Waals surface area contributed by atoms with Gasteiger partial charge in [0.15, 0.2) is 0 Å². The molecule has 1 aromatic rings. The number of halogens is 2. The van der Waals surface area contributed by atoms with Crippen LogP contribution in [0.1, 0.15) is 31.2 Å². The van der Waals surface area contributed by atoms with Crippen LogP contribution in [-0.2, 0) is 0 Å². The summed E-state index contributed by atoms with van der Waals surface area (Å²) in [4.78, 5) is 0. The minimum absolute atomic E-state index is 0.243. The average molecular weight is 240 g/mol. The van der Waals surface area contributed by atoms with Gasteiger partial charge in [-0.3, -0.25) is 0 Å². The van der Waals surface area contributed by atoms with E-state index in [4.69, 9.17) is 17.3 Å². The highest BCUT2D eigenvalue weighted by molar-refractivity contribution is 6.32. The van der Waals surface area contributed by atoms with Gasteiger partial charge in [-0.1, -0.05) is 23.3 Å². The molecule has 0 aromatic heterocycles. The molecule has 0 heterocycles. The lowest BCUT2D eigenvalue weighted by Crippen LogP contribution is -2.23. The van der Waals surface area contributed by atoms with E-state index in [9.17, 15) is 4.39 Å². The number of rotatable bonds is 1. The van der Waals surface area contributed by atoms with Gasteiger partial charge in [0.05, 0.1) is 0 Å². The summed E-state index contributed by atoms with van der Waals surface area (Å²) >= 11 is 6.01. The monoisotopic (exact) mass is 239 g/mol. The predicted octanol–water partition coefficient (Wildman–Crippen LogP) is 3.76. The topological polar surface area (TPSA) is 26.0 Å². The molecule has 1 fully saturated rings. The van der Waals surface area contributed by atoms with Gasteiger partial charge in [-0.2, -0.15) is 0 Å². The average Bonchev–Trinajstić information content (AvgIpc) is 2.24. The van der Waals surface area contributed by atoms with Gasteiger partial charge in [0.2, 0.25) is 0 Å². The Bertz CT molecular complexity index is 414. The van der Waals surface area contributed by atoms with Crippen LogP contribution in [0.5, 0.6) is 0 Å². The van der Waals surface area contributed by atoms with E-state index < -0.39 is 0 Å². The molecule has 0 amide bonds.